The average Bonchev–Trinajstić information content (AvgIpc) is 2.75. The van der Waals surface area contributed by atoms with Crippen molar-refractivity contribution in [2.45, 2.75) is 10.1 Å². The van der Waals surface area contributed by atoms with E-state index in [1.54, 1.807) is 6.07 Å². The average molecular weight is 256 g/mol. The van der Waals surface area contributed by atoms with Crippen molar-refractivity contribution in [2.75, 3.05) is 11.5 Å². The molecule has 90 valence electrons. The number of nitrogens with two attached hydrogens (primary N) is 2. The summed E-state index contributed by atoms with van der Waals surface area (Å²) >= 11 is 1.50. The minimum Gasteiger partial charge on any atom is -0.399 e. The van der Waals surface area contributed by atoms with Gasteiger partial charge in [-0.1, -0.05) is 12.1 Å². The molecule has 18 heavy (non-hydrogen) atoms. The predicted octanol–water partition coefficient (Wildman–Crippen LogP) is 2.88. The second kappa shape index (κ2) is 4.27. The van der Waals surface area contributed by atoms with Gasteiger partial charge in [0.25, 0.3) is 0 Å². The molecule has 3 aromatic rings. The van der Waals surface area contributed by atoms with Gasteiger partial charge in [-0.15, -0.1) is 0 Å². The first-order valence-electron chi connectivity index (χ1n) is 5.50. The van der Waals surface area contributed by atoms with Crippen molar-refractivity contribution in [3.8, 4) is 0 Å². The fourth-order valence-corrected chi connectivity index (χ4v) is 2.57. The molecular formula is C13H12N4S. The number of aromatic amines is 1. The lowest BCUT2D eigenvalue weighted by molar-refractivity contribution is 1.08. The Kier molecular flexibility index (Phi) is 2.60. The first-order valence-corrected chi connectivity index (χ1v) is 6.31. The number of para-hydroxylation sites is 2. The third-order valence-electron chi connectivity index (χ3n) is 2.61. The zero-order valence-corrected chi connectivity index (χ0v) is 10.4. The number of nitrogens with one attached hydrogen (secondary N) is 1. The molecule has 0 aliphatic rings. The molecule has 2 aromatic carbocycles. The number of hydrogen-bond acceptors (Lipinski definition) is 4. The van der Waals surface area contributed by atoms with Gasteiger partial charge in [-0.3, -0.25) is 0 Å². The van der Waals surface area contributed by atoms with E-state index in [0.29, 0.717) is 11.4 Å². The molecule has 0 saturated carbocycles. The number of H-pyrrole nitrogens is 1. The highest BCUT2D eigenvalue weighted by Gasteiger charge is 2.06. The maximum atomic E-state index is 5.92. The smallest absolute Gasteiger partial charge is 0.171 e. The molecule has 0 aliphatic heterocycles. The third kappa shape index (κ3) is 2.00. The van der Waals surface area contributed by atoms with Gasteiger partial charge in [0.05, 0.1) is 11.0 Å². The number of benzene rings is 2. The summed E-state index contributed by atoms with van der Waals surface area (Å²) < 4.78 is 0. The number of anilines is 2. The van der Waals surface area contributed by atoms with Crippen LogP contribution in [0.3, 0.4) is 0 Å². The Balaban J connectivity index is 1.96. The molecule has 0 spiro atoms. The first-order chi connectivity index (χ1) is 8.72. The lowest BCUT2D eigenvalue weighted by Crippen LogP contribution is -1.92. The number of rotatable bonds is 2. The van der Waals surface area contributed by atoms with Crippen LogP contribution < -0.4 is 11.5 Å². The molecule has 0 fully saturated rings. The highest BCUT2D eigenvalue weighted by molar-refractivity contribution is 7.99. The highest BCUT2D eigenvalue weighted by Crippen LogP contribution is 2.32. The van der Waals surface area contributed by atoms with Crippen molar-refractivity contribution in [1.29, 1.82) is 0 Å². The van der Waals surface area contributed by atoms with Crippen LogP contribution >= 0.6 is 11.8 Å². The van der Waals surface area contributed by atoms with Crippen LogP contribution in [0.15, 0.2) is 52.5 Å². The van der Waals surface area contributed by atoms with E-state index in [9.17, 15) is 0 Å². The summed E-state index contributed by atoms with van der Waals surface area (Å²) in [5.41, 5.74) is 14.9. The summed E-state index contributed by atoms with van der Waals surface area (Å²) in [6.07, 6.45) is 0. The second-order valence-electron chi connectivity index (χ2n) is 3.96. The monoisotopic (exact) mass is 256 g/mol. The number of nitrogens with zero attached hydrogens (tertiary/aromatic N) is 1. The molecule has 5 heteroatoms. The van der Waals surface area contributed by atoms with Crippen LogP contribution in [0.5, 0.6) is 0 Å². The molecule has 3 rings (SSSR count). The predicted molar refractivity (Wildman–Crippen MR) is 75.5 cm³/mol. The number of fused-ring (bicyclic) bond motifs is 1. The molecule has 0 amide bonds. The van der Waals surface area contributed by atoms with Crippen LogP contribution in [0.1, 0.15) is 0 Å². The molecule has 5 N–H and O–H groups in total. The molecule has 0 unspecified atom stereocenters. The van der Waals surface area contributed by atoms with E-state index in [0.717, 1.165) is 21.1 Å². The number of nitrogen functional groups attached to an aromatic ring is 2. The number of aromatic nitrogens is 2. The SMILES string of the molecule is Nc1ccc(Sc2nc3ccccc3[nH]2)c(N)c1. The van der Waals surface area contributed by atoms with Crippen molar-refractivity contribution < 1.29 is 0 Å². The Bertz CT molecular complexity index is 672. The molecule has 0 atom stereocenters. The van der Waals surface area contributed by atoms with Crippen LogP contribution in [0.25, 0.3) is 11.0 Å². The lowest BCUT2D eigenvalue weighted by Gasteiger charge is -2.03. The minimum atomic E-state index is 0.667. The molecule has 1 aromatic heterocycles. The van der Waals surface area contributed by atoms with Gasteiger partial charge in [-0.2, -0.15) is 0 Å². The summed E-state index contributed by atoms with van der Waals surface area (Å²) in [6, 6.07) is 13.4. The summed E-state index contributed by atoms with van der Waals surface area (Å²) in [4.78, 5) is 8.69. The maximum Gasteiger partial charge on any atom is 0.171 e. The van der Waals surface area contributed by atoms with Crippen LogP contribution in [-0.4, -0.2) is 9.97 Å². The number of imidazole rings is 1. The molecule has 0 bridgehead atoms. The number of hydrogen-bond donors (Lipinski definition) is 3. The Morgan fingerprint density at radius 1 is 1.06 bits per heavy atom. The Hall–Kier alpha value is -2.14. The summed E-state index contributed by atoms with van der Waals surface area (Å²) in [7, 11) is 0. The van der Waals surface area contributed by atoms with Crippen molar-refractivity contribution in [1.82, 2.24) is 9.97 Å². The van der Waals surface area contributed by atoms with Crippen LogP contribution in [-0.2, 0) is 0 Å². The Morgan fingerprint density at radius 2 is 1.89 bits per heavy atom. The van der Waals surface area contributed by atoms with Crippen molar-refractivity contribution in [3.63, 3.8) is 0 Å². The Morgan fingerprint density at radius 3 is 2.67 bits per heavy atom. The summed E-state index contributed by atoms with van der Waals surface area (Å²) in [5, 5.41) is 0.827. The van der Waals surface area contributed by atoms with Crippen LogP contribution in [0, 0.1) is 0 Å². The van der Waals surface area contributed by atoms with E-state index in [1.165, 1.54) is 11.8 Å². The van der Waals surface area contributed by atoms with Gasteiger partial charge in [0.2, 0.25) is 0 Å². The lowest BCUT2D eigenvalue weighted by atomic mass is 10.3. The topological polar surface area (TPSA) is 80.7 Å². The van der Waals surface area contributed by atoms with E-state index in [-0.39, 0.29) is 0 Å². The van der Waals surface area contributed by atoms with Gasteiger partial charge < -0.3 is 16.5 Å². The quantitative estimate of drug-likeness (QED) is 0.616. The summed E-state index contributed by atoms with van der Waals surface area (Å²) in [5.74, 6) is 0. The van der Waals surface area contributed by atoms with Gasteiger partial charge in [-0.05, 0) is 42.1 Å². The molecule has 1 heterocycles. The van der Waals surface area contributed by atoms with E-state index in [1.807, 2.05) is 36.4 Å². The summed E-state index contributed by atoms with van der Waals surface area (Å²) in [6.45, 7) is 0. The minimum absolute atomic E-state index is 0.667. The molecule has 4 nitrogen and oxygen atoms in total. The van der Waals surface area contributed by atoms with Gasteiger partial charge >= 0.3 is 0 Å². The van der Waals surface area contributed by atoms with Gasteiger partial charge in [-0.25, -0.2) is 4.98 Å². The van der Waals surface area contributed by atoms with Gasteiger partial charge in [0.15, 0.2) is 5.16 Å². The fraction of sp³-hybridized carbons (Fsp3) is 0. The van der Waals surface area contributed by atoms with Gasteiger partial charge in [0, 0.05) is 16.3 Å². The first kappa shape index (κ1) is 11.0. The largest absolute Gasteiger partial charge is 0.399 e. The third-order valence-corrected chi connectivity index (χ3v) is 3.59. The van der Waals surface area contributed by atoms with Crippen molar-refractivity contribution in [3.05, 3.63) is 42.5 Å². The second-order valence-corrected chi connectivity index (χ2v) is 4.99. The van der Waals surface area contributed by atoms with E-state index in [4.69, 9.17) is 11.5 Å². The zero-order chi connectivity index (χ0) is 12.5. The van der Waals surface area contributed by atoms with Crippen LogP contribution in [0.4, 0.5) is 11.4 Å². The van der Waals surface area contributed by atoms with Crippen LogP contribution in [0.2, 0.25) is 0 Å². The molecular weight excluding hydrogens is 244 g/mol. The molecule has 0 aliphatic carbocycles. The van der Waals surface area contributed by atoms with E-state index >= 15 is 0 Å². The highest BCUT2D eigenvalue weighted by atomic mass is 32.2. The molecule has 0 radical (unpaired) electrons. The standard InChI is InChI=1S/C13H12N4S/c14-8-5-6-12(9(15)7-8)18-13-16-10-3-1-2-4-11(10)17-13/h1-7H,14-15H2,(H,16,17). The van der Waals surface area contributed by atoms with Gasteiger partial charge in [0.1, 0.15) is 0 Å². The van der Waals surface area contributed by atoms with Crippen molar-refractivity contribution in [2.24, 2.45) is 0 Å². The maximum absolute atomic E-state index is 5.92. The van der Waals surface area contributed by atoms with E-state index < -0.39 is 0 Å². The zero-order valence-electron chi connectivity index (χ0n) is 9.55. The Labute approximate surface area is 108 Å². The normalized spacial score (nSPS) is 10.9. The fourth-order valence-electron chi connectivity index (χ4n) is 1.74. The molecule has 0 saturated heterocycles. The van der Waals surface area contributed by atoms with Crippen molar-refractivity contribution >= 4 is 34.2 Å². The van der Waals surface area contributed by atoms with E-state index in [2.05, 4.69) is 9.97 Å².